The van der Waals surface area contributed by atoms with Crippen LogP contribution < -0.4 is 10.6 Å². The molecule has 0 aromatic carbocycles. The summed E-state index contributed by atoms with van der Waals surface area (Å²) in [6, 6.07) is 0. The Bertz CT molecular complexity index is 367. The predicted molar refractivity (Wildman–Crippen MR) is 88.2 cm³/mol. The average molecular weight is 381 g/mol. The van der Waals surface area contributed by atoms with E-state index in [-0.39, 0.29) is 24.0 Å². The summed E-state index contributed by atoms with van der Waals surface area (Å²) in [7, 11) is 1.76. The molecule has 1 aromatic heterocycles. The molecule has 0 spiro atoms. The summed E-state index contributed by atoms with van der Waals surface area (Å²) in [6.45, 7) is 7.82. The van der Waals surface area contributed by atoms with Crippen molar-refractivity contribution in [1.29, 1.82) is 0 Å². The standard InChI is InChI=1S/C12H23N5O.HI/c1-4-18-8-6-15-12(13-3)14-5-7-17-10-11(2)9-16-17;/h9-10H,4-8H2,1-3H3,(H2,13,14,15);1H. The lowest BCUT2D eigenvalue weighted by atomic mass is 10.4. The fourth-order valence-corrected chi connectivity index (χ4v) is 1.48. The van der Waals surface area contributed by atoms with Crippen molar-refractivity contribution in [3.8, 4) is 0 Å². The van der Waals surface area contributed by atoms with Crippen LogP contribution in [0.2, 0.25) is 0 Å². The molecule has 0 saturated carbocycles. The van der Waals surface area contributed by atoms with E-state index in [4.69, 9.17) is 4.74 Å². The van der Waals surface area contributed by atoms with Gasteiger partial charge in [0.05, 0.1) is 19.3 Å². The maximum Gasteiger partial charge on any atom is 0.191 e. The highest BCUT2D eigenvalue weighted by Gasteiger charge is 1.97. The van der Waals surface area contributed by atoms with Crippen molar-refractivity contribution in [3.63, 3.8) is 0 Å². The Morgan fingerprint density at radius 1 is 1.42 bits per heavy atom. The van der Waals surface area contributed by atoms with Crippen LogP contribution in [0.1, 0.15) is 12.5 Å². The molecular formula is C12H24IN5O. The molecule has 1 aromatic rings. The van der Waals surface area contributed by atoms with E-state index in [1.54, 1.807) is 7.05 Å². The van der Waals surface area contributed by atoms with E-state index in [9.17, 15) is 0 Å². The molecule has 0 aliphatic heterocycles. The molecule has 0 radical (unpaired) electrons. The molecule has 2 N–H and O–H groups in total. The lowest BCUT2D eigenvalue weighted by Crippen LogP contribution is -2.40. The van der Waals surface area contributed by atoms with Crippen molar-refractivity contribution in [2.24, 2.45) is 4.99 Å². The molecule has 0 aliphatic carbocycles. The highest BCUT2D eigenvalue weighted by molar-refractivity contribution is 14.0. The number of hydrogen-bond donors (Lipinski definition) is 2. The Kier molecular flexibility index (Phi) is 10.6. The molecule has 110 valence electrons. The highest BCUT2D eigenvalue weighted by atomic mass is 127. The third-order valence-electron chi connectivity index (χ3n) is 2.36. The maximum absolute atomic E-state index is 5.25. The van der Waals surface area contributed by atoms with Crippen LogP contribution >= 0.6 is 24.0 Å². The van der Waals surface area contributed by atoms with Crippen LogP contribution in [-0.2, 0) is 11.3 Å². The Balaban J connectivity index is 0.00000324. The first-order chi connectivity index (χ1) is 8.76. The molecule has 0 amide bonds. The zero-order chi connectivity index (χ0) is 13.2. The van der Waals surface area contributed by atoms with Gasteiger partial charge in [0.2, 0.25) is 0 Å². The summed E-state index contributed by atoms with van der Waals surface area (Å²) in [6.07, 6.45) is 3.88. The van der Waals surface area contributed by atoms with E-state index in [1.807, 2.05) is 30.9 Å². The highest BCUT2D eigenvalue weighted by Crippen LogP contribution is 1.92. The molecule has 1 heterocycles. The minimum absolute atomic E-state index is 0. The number of rotatable bonds is 7. The molecule has 0 atom stereocenters. The van der Waals surface area contributed by atoms with Gasteiger partial charge in [-0.25, -0.2) is 0 Å². The molecule has 19 heavy (non-hydrogen) atoms. The summed E-state index contributed by atoms with van der Waals surface area (Å²) in [5.41, 5.74) is 1.18. The molecular weight excluding hydrogens is 357 g/mol. The Morgan fingerprint density at radius 3 is 2.74 bits per heavy atom. The van der Waals surface area contributed by atoms with Gasteiger partial charge in [-0.05, 0) is 19.4 Å². The zero-order valence-electron chi connectivity index (χ0n) is 11.8. The SMILES string of the molecule is CCOCCNC(=NC)NCCn1cc(C)cn1.I. The molecule has 1 rings (SSSR count). The number of aromatic nitrogens is 2. The van der Waals surface area contributed by atoms with Crippen LogP contribution in [-0.4, -0.2) is 49.1 Å². The Hall–Kier alpha value is -0.830. The van der Waals surface area contributed by atoms with Gasteiger partial charge in [-0.2, -0.15) is 5.10 Å². The van der Waals surface area contributed by atoms with E-state index < -0.39 is 0 Å². The number of aliphatic imine (C=N–C) groups is 1. The van der Waals surface area contributed by atoms with Crippen molar-refractivity contribution in [1.82, 2.24) is 20.4 Å². The van der Waals surface area contributed by atoms with Crippen molar-refractivity contribution in [3.05, 3.63) is 18.0 Å². The normalized spacial score (nSPS) is 11.0. The predicted octanol–water partition coefficient (Wildman–Crippen LogP) is 1.01. The summed E-state index contributed by atoms with van der Waals surface area (Å²) < 4.78 is 7.16. The van der Waals surface area contributed by atoms with Crippen molar-refractivity contribution in [2.75, 3.05) is 33.4 Å². The van der Waals surface area contributed by atoms with Crippen LogP contribution in [0.25, 0.3) is 0 Å². The van der Waals surface area contributed by atoms with Gasteiger partial charge in [0.15, 0.2) is 5.96 Å². The van der Waals surface area contributed by atoms with Crippen molar-refractivity contribution in [2.45, 2.75) is 20.4 Å². The number of aryl methyl sites for hydroxylation is 1. The summed E-state index contributed by atoms with van der Waals surface area (Å²) >= 11 is 0. The summed E-state index contributed by atoms with van der Waals surface area (Å²) in [5.74, 6) is 0.790. The summed E-state index contributed by atoms with van der Waals surface area (Å²) in [5, 5.41) is 10.6. The van der Waals surface area contributed by atoms with Gasteiger partial charge >= 0.3 is 0 Å². The molecule has 6 nitrogen and oxygen atoms in total. The number of halogens is 1. The molecule has 0 aliphatic rings. The minimum atomic E-state index is 0. The monoisotopic (exact) mass is 381 g/mol. The molecule has 0 unspecified atom stereocenters. The van der Waals surface area contributed by atoms with Crippen LogP contribution in [0.15, 0.2) is 17.4 Å². The number of hydrogen-bond acceptors (Lipinski definition) is 3. The third-order valence-corrected chi connectivity index (χ3v) is 2.36. The van der Waals surface area contributed by atoms with E-state index in [2.05, 4.69) is 20.7 Å². The maximum atomic E-state index is 5.25. The van der Waals surface area contributed by atoms with Gasteiger partial charge in [0, 0.05) is 32.9 Å². The van der Waals surface area contributed by atoms with Crippen LogP contribution in [0.4, 0.5) is 0 Å². The quantitative estimate of drug-likeness (QED) is 0.320. The van der Waals surface area contributed by atoms with Crippen LogP contribution in [0.5, 0.6) is 0 Å². The van der Waals surface area contributed by atoms with E-state index in [0.29, 0.717) is 6.61 Å². The molecule has 0 saturated heterocycles. The summed E-state index contributed by atoms with van der Waals surface area (Å²) in [4.78, 5) is 4.13. The second kappa shape index (κ2) is 11.0. The Labute approximate surface area is 132 Å². The van der Waals surface area contributed by atoms with Gasteiger partial charge in [-0.1, -0.05) is 0 Å². The van der Waals surface area contributed by atoms with E-state index >= 15 is 0 Å². The average Bonchev–Trinajstić information content (AvgIpc) is 2.78. The second-order valence-corrected chi connectivity index (χ2v) is 3.90. The number of nitrogens with zero attached hydrogens (tertiary/aromatic N) is 3. The fraction of sp³-hybridized carbons (Fsp3) is 0.667. The van der Waals surface area contributed by atoms with Gasteiger partial charge in [-0.3, -0.25) is 9.67 Å². The van der Waals surface area contributed by atoms with Gasteiger partial charge in [0.25, 0.3) is 0 Å². The fourth-order valence-electron chi connectivity index (χ4n) is 1.48. The molecule has 0 fully saturated rings. The topological polar surface area (TPSA) is 63.5 Å². The van der Waals surface area contributed by atoms with E-state index in [0.717, 1.165) is 32.2 Å². The first-order valence-electron chi connectivity index (χ1n) is 6.27. The lowest BCUT2D eigenvalue weighted by Gasteiger charge is -2.11. The van der Waals surface area contributed by atoms with Gasteiger partial charge in [-0.15, -0.1) is 24.0 Å². The second-order valence-electron chi connectivity index (χ2n) is 3.90. The van der Waals surface area contributed by atoms with Gasteiger partial charge in [0.1, 0.15) is 0 Å². The van der Waals surface area contributed by atoms with E-state index in [1.165, 1.54) is 5.56 Å². The minimum Gasteiger partial charge on any atom is -0.380 e. The van der Waals surface area contributed by atoms with Crippen molar-refractivity contribution < 1.29 is 4.74 Å². The third kappa shape index (κ3) is 8.04. The van der Waals surface area contributed by atoms with Crippen LogP contribution in [0, 0.1) is 6.92 Å². The molecule has 7 heteroatoms. The first kappa shape index (κ1) is 18.2. The largest absolute Gasteiger partial charge is 0.380 e. The van der Waals surface area contributed by atoms with Crippen LogP contribution in [0.3, 0.4) is 0 Å². The van der Waals surface area contributed by atoms with Gasteiger partial charge < -0.3 is 15.4 Å². The number of guanidine groups is 1. The lowest BCUT2D eigenvalue weighted by molar-refractivity contribution is 0.152. The zero-order valence-corrected chi connectivity index (χ0v) is 14.2. The number of ether oxygens (including phenoxy) is 1. The Morgan fingerprint density at radius 2 is 2.16 bits per heavy atom. The van der Waals surface area contributed by atoms with Crippen molar-refractivity contribution >= 4 is 29.9 Å². The first-order valence-corrected chi connectivity index (χ1v) is 6.27. The number of nitrogens with one attached hydrogen (secondary N) is 2. The smallest absolute Gasteiger partial charge is 0.191 e. The molecule has 0 bridgehead atoms.